The Morgan fingerprint density at radius 3 is 2.62 bits per heavy atom. The number of carbonyl (C=O) groups is 2. The van der Waals surface area contributed by atoms with Gasteiger partial charge in [-0.3, -0.25) is 14.7 Å². The van der Waals surface area contributed by atoms with Crippen LogP contribution in [0.3, 0.4) is 0 Å². The Morgan fingerprint density at radius 2 is 1.95 bits per heavy atom. The monoisotopic (exact) mass is 549 g/mol. The Kier molecular flexibility index (Phi) is 5.25. The molecule has 0 saturated heterocycles. The molecule has 2 aliphatic rings. The molecule has 4 aromatic rings. The van der Waals surface area contributed by atoms with E-state index in [9.17, 15) is 22.8 Å². The minimum atomic E-state index is -4.85. The summed E-state index contributed by atoms with van der Waals surface area (Å²) in [5.41, 5.74) is -1.42. The third kappa shape index (κ3) is 4.09. The van der Waals surface area contributed by atoms with Crippen LogP contribution in [-0.2, 0) is 6.18 Å². The maximum absolute atomic E-state index is 13.5. The highest BCUT2D eigenvalue weighted by atomic mass is 35.5. The highest BCUT2D eigenvalue weighted by molar-refractivity contribution is 6.36. The van der Waals surface area contributed by atoms with Gasteiger partial charge in [0.15, 0.2) is 11.5 Å². The zero-order valence-electron chi connectivity index (χ0n) is 18.7. The molecule has 2 aliphatic carbocycles. The number of benzene rings is 1. The van der Waals surface area contributed by atoms with Crippen molar-refractivity contribution in [1.29, 1.82) is 0 Å². The molecule has 2 fully saturated rings. The predicted octanol–water partition coefficient (Wildman–Crippen LogP) is 5.00. The van der Waals surface area contributed by atoms with Crippen molar-refractivity contribution in [2.45, 2.75) is 31.5 Å². The molecule has 0 radical (unpaired) electrons. The molecule has 14 heteroatoms. The van der Waals surface area contributed by atoms with Gasteiger partial charge in [0, 0.05) is 23.7 Å². The smallest absolute Gasteiger partial charge is 0.349 e. The number of fused-ring (bicyclic) bond motifs is 1. The molecule has 3 heterocycles. The number of H-pyrrole nitrogens is 1. The second kappa shape index (κ2) is 8.18. The van der Waals surface area contributed by atoms with Crippen molar-refractivity contribution >= 4 is 51.6 Å². The third-order valence-electron chi connectivity index (χ3n) is 6.71. The summed E-state index contributed by atoms with van der Waals surface area (Å²) in [5.74, 6) is -1.68. The fourth-order valence-corrected chi connectivity index (χ4v) is 4.92. The van der Waals surface area contributed by atoms with Crippen LogP contribution in [-0.4, -0.2) is 42.8 Å². The molecule has 9 nitrogen and oxygen atoms in total. The van der Waals surface area contributed by atoms with E-state index < -0.39 is 29.4 Å². The first kappa shape index (κ1) is 23.7. The molecule has 0 aliphatic heterocycles. The highest BCUT2D eigenvalue weighted by Gasteiger charge is 2.63. The van der Waals surface area contributed by atoms with Crippen LogP contribution in [0.15, 0.2) is 36.7 Å². The molecule has 2 saturated carbocycles. The van der Waals surface area contributed by atoms with Crippen LogP contribution >= 0.6 is 23.2 Å². The van der Waals surface area contributed by atoms with Gasteiger partial charge in [0.2, 0.25) is 0 Å². The van der Waals surface area contributed by atoms with E-state index >= 15 is 0 Å². The van der Waals surface area contributed by atoms with Gasteiger partial charge in [-0.2, -0.15) is 23.4 Å². The van der Waals surface area contributed by atoms with Gasteiger partial charge >= 0.3 is 6.18 Å². The van der Waals surface area contributed by atoms with Crippen LogP contribution in [0.25, 0.3) is 16.7 Å². The molecule has 1 atom stereocenters. The Labute approximate surface area is 216 Å². The SMILES string of the molecule is O=C(NC1CC12CC2)c1c(NC(=O)c2cc(C(F)(F)F)nn2-c2ncccc2Cl)c(Cl)cc2cn[nH]c12. The van der Waals surface area contributed by atoms with Crippen LogP contribution in [0, 0.1) is 5.41 Å². The number of hydrogen-bond acceptors (Lipinski definition) is 5. The van der Waals surface area contributed by atoms with E-state index in [0.717, 1.165) is 19.3 Å². The molecule has 0 bridgehead atoms. The number of pyridine rings is 1. The summed E-state index contributed by atoms with van der Waals surface area (Å²) in [4.78, 5) is 30.7. The van der Waals surface area contributed by atoms with Gasteiger partial charge in [0.1, 0.15) is 5.69 Å². The lowest BCUT2D eigenvalue weighted by Gasteiger charge is -2.15. The standard InChI is InChI=1S/C23H16Cl2F3N7O2/c24-11-2-1-5-29-19(11)35-13(7-14(34-35)23(26,27)28)20(36)32-18-12(25)6-10-9-30-33-17(10)16(18)21(37)31-15-8-22(15)3-4-22/h1-2,5-7,9,15H,3-4,8H2,(H,30,33)(H,31,37)(H,32,36). The van der Waals surface area contributed by atoms with Gasteiger partial charge in [-0.05, 0) is 42.9 Å². The van der Waals surface area contributed by atoms with Crippen LogP contribution < -0.4 is 10.6 Å². The summed E-state index contributed by atoms with van der Waals surface area (Å²) < 4.78 is 41.2. The minimum Gasteiger partial charge on any atom is -0.349 e. The van der Waals surface area contributed by atoms with Crippen molar-refractivity contribution in [1.82, 2.24) is 30.3 Å². The lowest BCUT2D eigenvalue weighted by Crippen LogP contribution is -2.29. The number of hydrogen-bond donors (Lipinski definition) is 3. The van der Waals surface area contributed by atoms with Gasteiger partial charge < -0.3 is 10.6 Å². The summed E-state index contributed by atoms with van der Waals surface area (Å²) in [6.45, 7) is 0. The van der Waals surface area contributed by atoms with E-state index in [4.69, 9.17) is 23.2 Å². The minimum absolute atomic E-state index is 0.00214. The van der Waals surface area contributed by atoms with E-state index in [2.05, 4.69) is 30.9 Å². The largest absolute Gasteiger partial charge is 0.435 e. The molecular weight excluding hydrogens is 534 g/mol. The molecule has 190 valence electrons. The molecule has 37 heavy (non-hydrogen) atoms. The first-order chi connectivity index (χ1) is 17.6. The Hall–Kier alpha value is -3.64. The fourth-order valence-electron chi connectivity index (χ4n) is 4.46. The van der Waals surface area contributed by atoms with Crippen LogP contribution in [0.1, 0.15) is 45.8 Å². The zero-order valence-corrected chi connectivity index (χ0v) is 20.2. The fraction of sp³-hybridized carbons (Fsp3) is 0.261. The van der Waals surface area contributed by atoms with E-state index in [1.54, 1.807) is 0 Å². The summed E-state index contributed by atoms with van der Waals surface area (Å²) in [6, 6.07) is 4.96. The number of aromatic nitrogens is 5. The van der Waals surface area contributed by atoms with E-state index in [-0.39, 0.29) is 38.6 Å². The zero-order chi connectivity index (χ0) is 26.1. The summed E-state index contributed by atoms with van der Waals surface area (Å²) in [7, 11) is 0. The molecule has 2 amide bonds. The normalized spacial score (nSPS) is 17.7. The number of anilines is 1. The molecule has 1 spiro atoms. The van der Waals surface area contributed by atoms with Crippen molar-refractivity contribution in [3.63, 3.8) is 0 Å². The van der Waals surface area contributed by atoms with E-state index in [1.807, 2.05) is 0 Å². The molecule has 1 aromatic carbocycles. The second-order valence-corrected chi connectivity index (χ2v) is 9.94. The number of halogens is 5. The molecule has 1 unspecified atom stereocenters. The molecule has 6 rings (SSSR count). The van der Waals surface area contributed by atoms with Crippen molar-refractivity contribution < 1.29 is 22.8 Å². The predicted molar refractivity (Wildman–Crippen MR) is 128 cm³/mol. The van der Waals surface area contributed by atoms with Crippen LogP contribution in [0.2, 0.25) is 10.0 Å². The number of aromatic amines is 1. The second-order valence-electron chi connectivity index (χ2n) is 9.12. The van der Waals surface area contributed by atoms with Crippen molar-refractivity contribution in [2.75, 3.05) is 5.32 Å². The quantitative estimate of drug-likeness (QED) is 0.323. The number of carbonyl (C=O) groups excluding carboxylic acids is 2. The van der Waals surface area contributed by atoms with Gasteiger partial charge in [-0.25, -0.2) is 9.67 Å². The van der Waals surface area contributed by atoms with Gasteiger partial charge in [0.05, 0.1) is 33.0 Å². The third-order valence-corrected chi connectivity index (χ3v) is 7.31. The maximum Gasteiger partial charge on any atom is 0.435 e. The van der Waals surface area contributed by atoms with Crippen LogP contribution in [0.5, 0.6) is 0 Å². The topological polar surface area (TPSA) is 118 Å². The van der Waals surface area contributed by atoms with Gasteiger partial charge in [0.25, 0.3) is 11.8 Å². The number of nitrogens with zero attached hydrogens (tertiary/aromatic N) is 4. The Morgan fingerprint density at radius 1 is 1.16 bits per heavy atom. The molecule has 3 aromatic heterocycles. The summed E-state index contributed by atoms with van der Waals surface area (Å²) >= 11 is 12.6. The number of amides is 2. The lowest BCUT2D eigenvalue weighted by molar-refractivity contribution is -0.141. The number of rotatable bonds is 5. The van der Waals surface area contributed by atoms with Crippen molar-refractivity contribution in [3.05, 3.63) is 63.7 Å². The van der Waals surface area contributed by atoms with Crippen molar-refractivity contribution in [2.24, 2.45) is 5.41 Å². The lowest BCUT2D eigenvalue weighted by atomic mass is 10.1. The first-order valence-corrected chi connectivity index (χ1v) is 11.9. The van der Waals surface area contributed by atoms with E-state index in [0.29, 0.717) is 21.7 Å². The molecule has 3 N–H and O–H groups in total. The first-order valence-electron chi connectivity index (χ1n) is 11.1. The average Bonchev–Trinajstić information content (AvgIpc) is 3.60. The average molecular weight is 550 g/mol. The van der Waals surface area contributed by atoms with Gasteiger partial charge in [-0.1, -0.05) is 23.2 Å². The highest BCUT2D eigenvalue weighted by Crippen LogP contribution is 2.66. The Balaban J connectivity index is 1.41. The number of alkyl halides is 3. The van der Waals surface area contributed by atoms with Gasteiger partial charge in [-0.15, -0.1) is 0 Å². The Bertz CT molecular complexity index is 1590. The summed E-state index contributed by atoms with van der Waals surface area (Å²) in [6.07, 6.45) is 0.875. The number of nitrogens with one attached hydrogen (secondary N) is 3. The van der Waals surface area contributed by atoms with Crippen LogP contribution in [0.4, 0.5) is 18.9 Å². The molecular formula is C23H16Cl2F3N7O2. The van der Waals surface area contributed by atoms with Crippen molar-refractivity contribution in [3.8, 4) is 5.82 Å². The maximum atomic E-state index is 13.5. The van der Waals surface area contributed by atoms with E-state index in [1.165, 1.54) is 30.6 Å². The summed E-state index contributed by atoms with van der Waals surface area (Å²) in [5, 5.41) is 16.2.